The van der Waals surface area contributed by atoms with Crippen molar-refractivity contribution in [3.8, 4) is 5.75 Å². The van der Waals surface area contributed by atoms with Crippen molar-refractivity contribution < 1.29 is 9.53 Å². The molecule has 22 heavy (non-hydrogen) atoms. The topological polar surface area (TPSA) is 41.6 Å². The number of rotatable bonds is 7. The molecule has 1 heterocycles. The molecule has 0 unspecified atom stereocenters. The van der Waals surface area contributed by atoms with Gasteiger partial charge in [-0.2, -0.15) is 0 Å². The lowest BCUT2D eigenvalue weighted by molar-refractivity contribution is -0.130. The summed E-state index contributed by atoms with van der Waals surface area (Å²) >= 11 is 0. The van der Waals surface area contributed by atoms with Crippen LogP contribution in [0.25, 0.3) is 0 Å². The predicted octanol–water partition coefficient (Wildman–Crippen LogP) is 2.82. The van der Waals surface area contributed by atoms with Crippen molar-refractivity contribution >= 4 is 5.91 Å². The van der Waals surface area contributed by atoms with Crippen LogP contribution in [0.3, 0.4) is 0 Å². The average Bonchev–Trinajstić information content (AvgIpc) is 2.55. The molecule has 1 amide bonds. The molecule has 122 valence electrons. The number of amides is 1. The lowest BCUT2D eigenvalue weighted by atomic mass is 9.93. The van der Waals surface area contributed by atoms with E-state index in [4.69, 9.17) is 4.74 Å². The fourth-order valence-electron chi connectivity index (χ4n) is 2.91. The zero-order valence-corrected chi connectivity index (χ0v) is 13.8. The third-order valence-corrected chi connectivity index (χ3v) is 4.31. The quantitative estimate of drug-likeness (QED) is 0.842. The molecule has 1 saturated heterocycles. The van der Waals surface area contributed by atoms with Gasteiger partial charge in [-0.3, -0.25) is 4.79 Å². The van der Waals surface area contributed by atoms with Crippen LogP contribution in [-0.2, 0) is 11.3 Å². The molecule has 0 aliphatic carbocycles. The van der Waals surface area contributed by atoms with Crippen LogP contribution in [0.2, 0.25) is 0 Å². The summed E-state index contributed by atoms with van der Waals surface area (Å²) in [5, 5.41) is 3.37. The van der Waals surface area contributed by atoms with Gasteiger partial charge in [0.05, 0.1) is 6.61 Å². The number of hydrogen-bond donors (Lipinski definition) is 1. The van der Waals surface area contributed by atoms with Crippen molar-refractivity contribution in [2.75, 3.05) is 26.7 Å². The highest BCUT2D eigenvalue weighted by Gasteiger charge is 2.16. The summed E-state index contributed by atoms with van der Waals surface area (Å²) < 4.78 is 5.43. The van der Waals surface area contributed by atoms with E-state index < -0.39 is 0 Å². The number of nitrogens with zero attached hydrogens (tertiary/aromatic N) is 1. The van der Waals surface area contributed by atoms with Crippen molar-refractivity contribution in [2.24, 2.45) is 5.92 Å². The number of ether oxygens (including phenoxy) is 1. The highest BCUT2D eigenvalue weighted by molar-refractivity contribution is 5.75. The normalized spacial score (nSPS) is 15.5. The lowest BCUT2D eigenvalue weighted by Crippen LogP contribution is -2.30. The minimum absolute atomic E-state index is 0.243. The fourth-order valence-corrected chi connectivity index (χ4v) is 2.91. The third-order valence-electron chi connectivity index (χ3n) is 4.31. The van der Waals surface area contributed by atoms with E-state index in [0.29, 0.717) is 25.5 Å². The first-order chi connectivity index (χ1) is 10.7. The van der Waals surface area contributed by atoms with Crippen molar-refractivity contribution in [1.82, 2.24) is 10.2 Å². The van der Waals surface area contributed by atoms with Gasteiger partial charge in [0.1, 0.15) is 5.75 Å². The smallest absolute Gasteiger partial charge is 0.222 e. The summed E-state index contributed by atoms with van der Waals surface area (Å²) in [6.45, 7) is 5.51. The van der Waals surface area contributed by atoms with Gasteiger partial charge in [-0.15, -0.1) is 0 Å². The van der Waals surface area contributed by atoms with E-state index in [1.807, 2.05) is 43.1 Å². The van der Waals surface area contributed by atoms with Crippen LogP contribution in [0.1, 0.15) is 38.2 Å². The van der Waals surface area contributed by atoms with Crippen LogP contribution in [0, 0.1) is 5.92 Å². The maximum atomic E-state index is 12.2. The van der Waals surface area contributed by atoms with Gasteiger partial charge in [0, 0.05) is 20.0 Å². The predicted molar refractivity (Wildman–Crippen MR) is 88.9 cm³/mol. The van der Waals surface area contributed by atoms with Crippen LogP contribution < -0.4 is 10.1 Å². The van der Waals surface area contributed by atoms with E-state index in [1.165, 1.54) is 12.8 Å². The molecule has 1 aliphatic heterocycles. The summed E-state index contributed by atoms with van der Waals surface area (Å²) in [4.78, 5) is 14.1. The highest BCUT2D eigenvalue weighted by atomic mass is 16.5. The van der Waals surface area contributed by atoms with Crippen molar-refractivity contribution in [3.63, 3.8) is 0 Å². The molecular weight excluding hydrogens is 276 g/mol. The van der Waals surface area contributed by atoms with E-state index in [0.717, 1.165) is 30.8 Å². The Hall–Kier alpha value is -1.55. The molecule has 0 radical (unpaired) electrons. The Bertz CT molecular complexity index is 453. The van der Waals surface area contributed by atoms with Gasteiger partial charge in [-0.25, -0.2) is 0 Å². The van der Waals surface area contributed by atoms with Crippen molar-refractivity contribution in [3.05, 3.63) is 29.8 Å². The van der Waals surface area contributed by atoms with Gasteiger partial charge < -0.3 is 15.0 Å². The second-order valence-electron chi connectivity index (χ2n) is 6.06. The lowest BCUT2D eigenvalue weighted by Gasteiger charge is -2.23. The molecule has 1 N–H and O–H groups in total. The molecule has 2 rings (SSSR count). The van der Waals surface area contributed by atoms with Gasteiger partial charge in [0.15, 0.2) is 0 Å². The number of carbonyl (C=O) groups is 1. The van der Waals surface area contributed by atoms with Crippen molar-refractivity contribution in [2.45, 2.75) is 39.2 Å². The van der Waals surface area contributed by atoms with E-state index in [9.17, 15) is 4.79 Å². The molecule has 0 atom stereocenters. The Labute approximate surface area is 133 Å². The Balaban J connectivity index is 1.75. The highest BCUT2D eigenvalue weighted by Crippen LogP contribution is 2.19. The first-order valence-corrected chi connectivity index (χ1v) is 8.35. The van der Waals surface area contributed by atoms with Gasteiger partial charge in [0.2, 0.25) is 5.91 Å². The van der Waals surface area contributed by atoms with Gasteiger partial charge >= 0.3 is 0 Å². The molecule has 4 heteroatoms. The SMILES string of the molecule is CCOc1ccc(CN(C)C(=O)CCC2CCNCC2)cc1. The van der Waals surface area contributed by atoms with Crippen molar-refractivity contribution in [1.29, 1.82) is 0 Å². The van der Waals surface area contributed by atoms with E-state index >= 15 is 0 Å². The largest absolute Gasteiger partial charge is 0.494 e. The second-order valence-corrected chi connectivity index (χ2v) is 6.06. The zero-order valence-electron chi connectivity index (χ0n) is 13.8. The molecule has 0 saturated carbocycles. The van der Waals surface area contributed by atoms with Crippen LogP contribution in [0.15, 0.2) is 24.3 Å². The Kier molecular flexibility index (Phi) is 6.72. The molecular formula is C18H28N2O2. The molecule has 1 fully saturated rings. The molecule has 1 aliphatic rings. The van der Waals surface area contributed by atoms with Gasteiger partial charge in [-0.1, -0.05) is 12.1 Å². The summed E-state index contributed by atoms with van der Waals surface area (Å²) in [6, 6.07) is 7.99. The summed E-state index contributed by atoms with van der Waals surface area (Å²) in [6.07, 6.45) is 4.10. The van der Waals surface area contributed by atoms with Crippen LogP contribution in [0.5, 0.6) is 5.75 Å². The number of carbonyl (C=O) groups excluding carboxylic acids is 1. The van der Waals surface area contributed by atoms with E-state index in [2.05, 4.69) is 5.32 Å². The van der Waals surface area contributed by atoms with Crippen LogP contribution in [0.4, 0.5) is 0 Å². The molecule has 0 bridgehead atoms. The number of nitrogens with one attached hydrogen (secondary N) is 1. The minimum Gasteiger partial charge on any atom is -0.494 e. The fraction of sp³-hybridized carbons (Fsp3) is 0.611. The Morgan fingerprint density at radius 1 is 1.27 bits per heavy atom. The first kappa shape index (κ1) is 16.8. The monoisotopic (exact) mass is 304 g/mol. The number of hydrogen-bond acceptors (Lipinski definition) is 3. The van der Waals surface area contributed by atoms with Gasteiger partial charge in [-0.05, 0) is 62.9 Å². The standard InChI is InChI=1S/C18H28N2O2/c1-3-22-17-7-4-16(5-8-17)14-20(2)18(21)9-6-15-10-12-19-13-11-15/h4-5,7-8,15,19H,3,6,9-14H2,1-2H3. The number of benzene rings is 1. The molecule has 4 nitrogen and oxygen atoms in total. The molecule has 1 aromatic rings. The minimum atomic E-state index is 0.243. The molecule has 0 spiro atoms. The zero-order chi connectivity index (χ0) is 15.8. The molecule has 1 aromatic carbocycles. The van der Waals surface area contributed by atoms with Gasteiger partial charge in [0.25, 0.3) is 0 Å². The number of piperidine rings is 1. The van der Waals surface area contributed by atoms with Crippen LogP contribution >= 0.6 is 0 Å². The second kappa shape index (κ2) is 8.79. The summed E-state index contributed by atoms with van der Waals surface area (Å²) in [7, 11) is 1.89. The Morgan fingerprint density at radius 2 is 1.95 bits per heavy atom. The first-order valence-electron chi connectivity index (χ1n) is 8.35. The summed E-state index contributed by atoms with van der Waals surface area (Å²) in [5.41, 5.74) is 1.14. The van der Waals surface area contributed by atoms with E-state index in [-0.39, 0.29) is 5.91 Å². The third kappa shape index (κ3) is 5.34. The van der Waals surface area contributed by atoms with Crippen LogP contribution in [-0.4, -0.2) is 37.6 Å². The Morgan fingerprint density at radius 3 is 2.59 bits per heavy atom. The maximum absolute atomic E-state index is 12.2. The average molecular weight is 304 g/mol. The summed E-state index contributed by atoms with van der Waals surface area (Å²) in [5.74, 6) is 1.84. The van der Waals surface area contributed by atoms with E-state index in [1.54, 1.807) is 0 Å². The maximum Gasteiger partial charge on any atom is 0.222 e. The molecule has 0 aromatic heterocycles.